The van der Waals surface area contributed by atoms with Crippen LogP contribution in [0.5, 0.6) is 0 Å². The Morgan fingerprint density at radius 3 is 2.96 bits per heavy atom. The van der Waals surface area contributed by atoms with Crippen molar-refractivity contribution in [3.63, 3.8) is 0 Å². The van der Waals surface area contributed by atoms with Crippen molar-refractivity contribution in [3.8, 4) is 11.4 Å². The summed E-state index contributed by atoms with van der Waals surface area (Å²) in [5.41, 5.74) is 3.11. The van der Waals surface area contributed by atoms with Gasteiger partial charge in [-0.3, -0.25) is 4.79 Å². The molecule has 2 atom stereocenters. The van der Waals surface area contributed by atoms with Gasteiger partial charge in [-0.15, -0.1) is 0 Å². The van der Waals surface area contributed by atoms with E-state index in [0.29, 0.717) is 40.7 Å². The topological polar surface area (TPSA) is 98.2 Å². The van der Waals surface area contributed by atoms with E-state index in [-0.39, 0.29) is 11.8 Å². The Labute approximate surface area is 158 Å². The summed E-state index contributed by atoms with van der Waals surface area (Å²) >= 11 is 0. The fourth-order valence-corrected chi connectivity index (χ4v) is 3.01. The second kappa shape index (κ2) is 6.22. The van der Waals surface area contributed by atoms with Crippen molar-refractivity contribution in [1.82, 2.24) is 24.7 Å². The number of carbonyl (C=O) groups excluding carboxylic acids is 1. The van der Waals surface area contributed by atoms with Gasteiger partial charge < -0.3 is 9.84 Å². The number of hydrogen-bond donors (Lipinski definition) is 1. The third kappa shape index (κ3) is 2.81. The maximum atomic E-state index is 13.2. The lowest BCUT2D eigenvalue weighted by Crippen LogP contribution is -2.17. The molecule has 28 heavy (non-hydrogen) atoms. The van der Waals surface area contributed by atoms with E-state index in [1.54, 1.807) is 30.6 Å². The molecule has 1 aliphatic rings. The molecule has 1 saturated carbocycles. The molecule has 1 aliphatic carbocycles. The molecule has 1 fully saturated rings. The lowest BCUT2D eigenvalue weighted by atomic mass is 10.1. The van der Waals surface area contributed by atoms with Crippen LogP contribution in [0.3, 0.4) is 0 Å². The summed E-state index contributed by atoms with van der Waals surface area (Å²) in [6, 6.07) is 8.77. The first-order valence-corrected chi connectivity index (χ1v) is 8.79. The van der Waals surface area contributed by atoms with Crippen molar-refractivity contribution in [2.24, 2.45) is 0 Å². The number of alkyl halides is 1. The highest BCUT2D eigenvalue weighted by Crippen LogP contribution is 2.43. The molecule has 0 bridgehead atoms. The SMILES string of the molecule is Cc1ccc(-c2noc([C@H]3C[C@@H]3F)n2)cc1NC(=O)c1ccnc2ccnn12. The van der Waals surface area contributed by atoms with E-state index < -0.39 is 6.17 Å². The zero-order chi connectivity index (χ0) is 19.3. The van der Waals surface area contributed by atoms with Gasteiger partial charge in [0.05, 0.1) is 12.1 Å². The van der Waals surface area contributed by atoms with Gasteiger partial charge in [-0.25, -0.2) is 13.9 Å². The average molecular weight is 378 g/mol. The summed E-state index contributed by atoms with van der Waals surface area (Å²) in [7, 11) is 0. The smallest absolute Gasteiger partial charge is 0.274 e. The molecule has 1 N–H and O–H groups in total. The lowest BCUT2D eigenvalue weighted by molar-refractivity contribution is 0.101. The Kier molecular flexibility index (Phi) is 3.68. The summed E-state index contributed by atoms with van der Waals surface area (Å²) in [5, 5.41) is 11.0. The fraction of sp³-hybridized carbons (Fsp3) is 0.211. The number of halogens is 1. The monoisotopic (exact) mass is 378 g/mol. The van der Waals surface area contributed by atoms with E-state index in [9.17, 15) is 9.18 Å². The van der Waals surface area contributed by atoms with Crippen LogP contribution in [-0.2, 0) is 0 Å². The fourth-order valence-electron chi connectivity index (χ4n) is 3.01. The Hall–Kier alpha value is -3.62. The molecule has 140 valence electrons. The van der Waals surface area contributed by atoms with Gasteiger partial charge in [0.2, 0.25) is 11.7 Å². The molecule has 1 amide bonds. The maximum absolute atomic E-state index is 13.2. The standard InChI is InChI=1S/C19H15FN6O2/c1-10-2-3-11(17-24-19(28-25-17)12-9-13(12)20)8-14(10)23-18(27)15-4-6-21-16-5-7-22-26(15)16/h2-8,12-13H,9H2,1H3,(H,23,27)/t12-,13-/m0/s1. The minimum atomic E-state index is -0.902. The van der Waals surface area contributed by atoms with Gasteiger partial charge >= 0.3 is 0 Å². The molecular weight excluding hydrogens is 363 g/mol. The summed E-state index contributed by atoms with van der Waals surface area (Å²) in [6.07, 6.45) is 2.66. The number of amides is 1. The van der Waals surface area contributed by atoms with E-state index >= 15 is 0 Å². The highest BCUT2D eigenvalue weighted by Gasteiger charge is 2.43. The van der Waals surface area contributed by atoms with Crippen LogP contribution in [0.4, 0.5) is 10.1 Å². The van der Waals surface area contributed by atoms with Crippen molar-refractivity contribution in [2.75, 3.05) is 5.32 Å². The van der Waals surface area contributed by atoms with Crippen LogP contribution in [0.25, 0.3) is 17.0 Å². The number of benzene rings is 1. The first-order chi connectivity index (χ1) is 13.6. The molecule has 4 aromatic rings. The van der Waals surface area contributed by atoms with Crippen LogP contribution in [0, 0.1) is 6.92 Å². The molecule has 0 radical (unpaired) electrons. The van der Waals surface area contributed by atoms with Crippen LogP contribution in [0.15, 0.2) is 47.2 Å². The number of anilines is 1. The first-order valence-electron chi connectivity index (χ1n) is 8.79. The van der Waals surface area contributed by atoms with E-state index in [1.165, 1.54) is 4.52 Å². The Bertz CT molecular complexity index is 1200. The maximum Gasteiger partial charge on any atom is 0.274 e. The summed E-state index contributed by atoms with van der Waals surface area (Å²) < 4.78 is 19.8. The van der Waals surface area contributed by atoms with Crippen molar-refractivity contribution in [1.29, 1.82) is 0 Å². The third-order valence-corrected chi connectivity index (χ3v) is 4.74. The lowest BCUT2D eigenvalue weighted by Gasteiger charge is -2.10. The van der Waals surface area contributed by atoms with Gasteiger partial charge in [-0.2, -0.15) is 10.1 Å². The van der Waals surface area contributed by atoms with Crippen molar-refractivity contribution in [3.05, 3.63) is 59.9 Å². The van der Waals surface area contributed by atoms with E-state index in [0.717, 1.165) is 5.56 Å². The molecule has 0 unspecified atom stereocenters. The number of carbonyl (C=O) groups is 1. The van der Waals surface area contributed by atoms with Crippen molar-refractivity contribution < 1.29 is 13.7 Å². The number of rotatable bonds is 4. The molecule has 9 heteroatoms. The van der Waals surface area contributed by atoms with E-state index in [4.69, 9.17) is 4.52 Å². The van der Waals surface area contributed by atoms with Crippen LogP contribution in [0.2, 0.25) is 0 Å². The molecule has 1 aromatic carbocycles. The van der Waals surface area contributed by atoms with Crippen LogP contribution >= 0.6 is 0 Å². The quantitative estimate of drug-likeness (QED) is 0.586. The van der Waals surface area contributed by atoms with Gasteiger partial charge in [-0.05, 0) is 31.0 Å². The van der Waals surface area contributed by atoms with Crippen molar-refractivity contribution in [2.45, 2.75) is 25.4 Å². The predicted molar refractivity (Wildman–Crippen MR) is 97.7 cm³/mol. The van der Waals surface area contributed by atoms with Gasteiger partial charge in [0.1, 0.15) is 11.9 Å². The summed E-state index contributed by atoms with van der Waals surface area (Å²) in [5.74, 6) is 0.0620. The predicted octanol–water partition coefficient (Wildman–Crippen LogP) is 3.17. The molecule has 3 aromatic heterocycles. The largest absolute Gasteiger partial charge is 0.339 e. The van der Waals surface area contributed by atoms with E-state index in [2.05, 4.69) is 25.5 Å². The van der Waals surface area contributed by atoms with Crippen LogP contribution < -0.4 is 5.32 Å². The van der Waals surface area contributed by atoms with Gasteiger partial charge in [0.25, 0.3) is 5.91 Å². The minimum absolute atomic E-state index is 0.297. The van der Waals surface area contributed by atoms with Crippen LogP contribution in [0.1, 0.15) is 34.3 Å². The number of aromatic nitrogens is 5. The normalized spacial score (nSPS) is 18.4. The van der Waals surface area contributed by atoms with Crippen LogP contribution in [-0.4, -0.2) is 36.8 Å². The highest BCUT2D eigenvalue weighted by molar-refractivity contribution is 6.04. The first kappa shape index (κ1) is 16.5. The third-order valence-electron chi connectivity index (χ3n) is 4.74. The number of fused-ring (bicyclic) bond motifs is 1. The molecule has 5 rings (SSSR count). The number of hydrogen-bond acceptors (Lipinski definition) is 6. The average Bonchev–Trinajstić information content (AvgIpc) is 3.11. The molecular formula is C19H15FN6O2. The summed E-state index contributed by atoms with van der Waals surface area (Å²) in [4.78, 5) is 21.2. The Morgan fingerprint density at radius 2 is 2.14 bits per heavy atom. The zero-order valence-corrected chi connectivity index (χ0v) is 14.8. The Morgan fingerprint density at radius 1 is 1.29 bits per heavy atom. The second-order valence-corrected chi connectivity index (χ2v) is 6.73. The number of aryl methyl sites for hydroxylation is 1. The zero-order valence-electron chi connectivity index (χ0n) is 14.8. The highest BCUT2D eigenvalue weighted by atomic mass is 19.1. The van der Waals surface area contributed by atoms with Gasteiger partial charge in [0, 0.05) is 23.5 Å². The van der Waals surface area contributed by atoms with Gasteiger partial charge in [-0.1, -0.05) is 17.3 Å². The second-order valence-electron chi connectivity index (χ2n) is 6.73. The van der Waals surface area contributed by atoms with E-state index in [1.807, 2.05) is 19.1 Å². The molecule has 0 aliphatic heterocycles. The number of nitrogens with one attached hydrogen (secondary N) is 1. The molecule has 0 spiro atoms. The number of nitrogens with zero attached hydrogens (tertiary/aromatic N) is 5. The van der Waals surface area contributed by atoms with Gasteiger partial charge in [0.15, 0.2) is 5.65 Å². The molecule has 8 nitrogen and oxygen atoms in total. The Balaban J connectivity index is 1.44. The molecule has 3 heterocycles. The summed E-state index contributed by atoms with van der Waals surface area (Å²) in [6.45, 7) is 1.88. The molecule has 0 saturated heterocycles. The van der Waals surface area contributed by atoms with Crippen molar-refractivity contribution >= 4 is 17.2 Å². The minimum Gasteiger partial charge on any atom is -0.339 e.